The molecule has 0 spiro atoms. The molecule has 4 heteroatoms. The summed E-state index contributed by atoms with van der Waals surface area (Å²) in [4.78, 5) is 2.92. The van der Waals surface area contributed by atoms with Crippen molar-refractivity contribution in [1.29, 1.82) is 0 Å². The lowest BCUT2D eigenvalue weighted by Gasteiger charge is -2.20. The maximum absolute atomic E-state index is 5.38. The molecule has 0 amide bonds. The van der Waals surface area contributed by atoms with Crippen molar-refractivity contribution in [3.63, 3.8) is 0 Å². The van der Waals surface area contributed by atoms with Crippen LogP contribution in [0.15, 0.2) is 59.1 Å². The van der Waals surface area contributed by atoms with Gasteiger partial charge in [-0.05, 0) is 36.4 Å². The van der Waals surface area contributed by atoms with Gasteiger partial charge in [-0.15, -0.1) is 0 Å². The van der Waals surface area contributed by atoms with Crippen molar-refractivity contribution < 1.29 is 0 Å². The van der Waals surface area contributed by atoms with Gasteiger partial charge >= 0.3 is 0 Å². The van der Waals surface area contributed by atoms with Gasteiger partial charge in [0.25, 0.3) is 0 Å². The van der Waals surface area contributed by atoms with E-state index in [0.717, 1.165) is 20.8 Å². The summed E-state index contributed by atoms with van der Waals surface area (Å²) < 4.78 is 1.06. The van der Waals surface area contributed by atoms with Crippen LogP contribution in [0.25, 0.3) is 0 Å². The summed E-state index contributed by atoms with van der Waals surface area (Å²) in [6.07, 6.45) is 0. The summed E-state index contributed by atoms with van der Waals surface area (Å²) in [5.41, 5.74) is 2.16. The number of nitrogens with zero attached hydrogens (tertiary/aromatic N) is 1. The Morgan fingerprint density at radius 3 is 2.37 bits per heavy atom. The number of nitrogens with one attached hydrogen (secondary N) is 1. The van der Waals surface area contributed by atoms with E-state index >= 15 is 0 Å². The number of halogens is 1. The molecule has 0 saturated carbocycles. The van der Waals surface area contributed by atoms with Crippen molar-refractivity contribution in [1.82, 2.24) is 0 Å². The lowest BCUT2D eigenvalue weighted by molar-refractivity contribution is 1.07. The SMILES string of the molecule is CN(CC(=S)Nc1ccc(Br)cc1)c1ccccc1. The van der Waals surface area contributed by atoms with E-state index in [1.807, 2.05) is 49.5 Å². The summed E-state index contributed by atoms with van der Waals surface area (Å²) in [6, 6.07) is 18.2. The molecule has 0 fully saturated rings. The van der Waals surface area contributed by atoms with Crippen molar-refractivity contribution >= 4 is 44.5 Å². The standard InChI is InChI=1S/C15H15BrN2S/c1-18(14-5-3-2-4-6-14)11-15(19)17-13-9-7-12(16)8-10-13/h2-10H,11H2,1H3,(H,17,19). The second-order valence-electron chi connectivity index (χ2n) is 4.25. The van der Waals surface area contributed by atoms with Crippen LogP contribution < -0.4 is 10.2 Å². The Bertz CT molecular complexity index is 540. The molecule has 0 saturated heterocycles. The van der Waals surface area contributed by atoms with Crippen LogP contribution in [0, 0.1) is 0 Å². The molecule has 1 N–H and O–H groups in total. The number of rotatable bonds is 4. The number of benzene rings is 2. The zero-order chi connectivity index (χ0) is 13.7. The van der Waals surface area contributed by atoms with Gasteiger partial charge in [-0.1, -0.05) is 46.3 Å². The second-order valence-corrected chi connectivity index (χ2v) is 5.66. The molecule has 0 atom stereocenters. The van der Waals surface area contributed by atoms with Gasteiger partial charge in [-0.2, -0.15) is 0 Å². The quantitative estimate of drug-likeness (QED) is 0.838. The minimum Gasteiger partial charge on any atom is -0.368 e. The number of para-hydroxylation sites is 1. The fourth-order valence-corrected chi connectivity index (χ4v) is 2.30. The first-order valence-electron chi connectivity index (χ1n) is 5.97. The Labute approximate surface area is 127 Å². The van der Waals surface area contributed by atoms with E-state index < -0.39 is 0 Å². The van der Waals surface area contributed by atoms with E-state index in [1.54, 1.807) is 0 Å². The second kappa shape index (κ2) is 6.68. The van der Waals surface area contributed by atoms with E-state index in [-0.39, 0.29) is 0 Å². The Hall–Kier alpha value is -1.39. The average Bonchev–Trinajstić information content (AvgIpc) is 2.42. The smallest absolute Gasteiger partial charge is 0.0993 e. The van der Waals surface area contributed by atoms with Crippen molar-refractivity contribution in [3.8, 4) is 0 Å². The first kappa shape index (κ1) is 14.0. The van der Waals surface area contributed by atoms with Crippen LogP contribution in [0.4, 0.5) is 11.4 Å². The van der Waals surface area contributed by atoms with E-state index in [1.165, 1.54) is 0 Å². The molecule has 0 bridgehead atoms. The lowest BCUT2D eigenvalue weighted by atomic mass is 10.3. The number of hydrogen-bond acceptors (Lipinski definition) is 2. The van der Waals surface area contributed by atoms with Crippen LogP contribution in [-0.4, -0.2) is 18.6 Å². The van der Waals surface area contributed by atoms with Crippen LogP contribution in [0.2, 0.25) is 0 Å². The lowest BCUT2D eigenvalue weighted by Crippen LogP contribution is -2.28. The monoisotopic (exact) mass is 334 g/mol. The summed E-state index contributed by atoms with van der Waals surface area (Å²) in [6.45, 7) is 0.690. The van der Waals surface area contributed by atoms with Crippen LogP contribution in [0.5, 0.6) is 0 Å². The summed E-state index contributed by atoms with van der Waals surface area (Å²) in [5, 5.41) is 3.24. The average molecular weight is 335 g/mol. The molecule has 98 valence electrons. The minimum atomic E-state index is 0.690. The number of likely N-dealkylation sites (N-methyl/N-ethyl adjacent to an activating group) is 1. The number of hydrogen-bond donors (Lipinski definition) is 1. The Morgan fingerprint density at radius 1 is 1.11 bits per heavy atom. The van der Waals surface area contributed by atoms with Crippen molar-refractivity contribution in [2.45, 2.75) is 0 Å². The van der Waals surface area contributed by atoms with Crippen molar-refractivity contribution in [3.05, 3.63) is 59.1 Å². The first-order valence-corrected chi connectivity index (χ1v) is 7.17. The molecule has 0 aliphatic heterocycles. The molecule has 0 aromatic heterocycles. The van der Waals surface area contributed by atoms with E-state index in [4.69, 9.17) is 12.2 Å². The predicted octanol–water partition coefficient (Wildman–Crippen LogP) is 4.32. The zero-order valence-electron chi connectivity index (χ0n) is 10.6. The number of thiocarbonyl (C=S) groups is 1. The third-order valence-corrected chi connectivity index (χ3v) is 3.47. The Morgan fingerprint density at radius 2 is 1.74 bits per heavy atom. The maximum Gasteiger partial charge on any atom is 0.0993 e. The summed E-state index contributed by atoms with van der Waals surface area (Å²) in [5.74, 6) is 0. The molecule has 2 aromatic rings. The summed E-state index contributed by atoms with van der Waals surface area (Å²) >= 11 is 8.79. The van der Waals surface area contributed by atoms with Gasteiger partial charge in [0.15, 0.2) is 0 Å². The minimum absolute atomic E-state index is 0.690. The van der Waals surface area contributed by atoms with Crippen LogP contribution in [-0.2, 0) is 0 Å². The molecule has 0 radical (unpaired) electrons. The van der Waals surface area contributed by atoms with E-state index in [9.17, 15) is 0 Å². The Balaban J connectivity index is 1.93. The van der Waals surface area contributed by atoms with Crippen molar-refractivity contribution in [2.75, 3.05) is 23.8 Å². The van der Waals surface area contributed by atoms with Crippen molar-refractivity contribution in [2.24, 2.45) is 0 Å². The molecule has 0 unspecified atom stereocenters. The van der Waals surface area contributed by atoms with E-state index in [0.29, 0.717) is 6.54 Å². The molecule has 0 heterocycles. The maximum atomic E-state index is 5.38. The topological polar surface area (TPSA) is 15.3 Å². The Kier molecular flexibility index (Phi) is 4.93. The van der Waals surface area contributed by atoms with Crippen LogP contribution in [0.3, 0.4) is 0 Å². The van der Waals surface area contributed by atoms with Gasteiger partial charge < -0.3 is 10.2 Å². The highest BCUT2D eigenvalue weighted by Crippen LogP contribution is 2.15. The third kappa shape index (κ3) is 4.33. The zero-order valence-corrected chi connectivity index (χ0v) is 13.0. The molecule has 0 aliphatic carbocycles. The van der Waals surface area contributed by atoms with E-state index in [2.05, 4.69) is 38.3 Å². The van der Waals surface area contributed by atoms with Gasteiger partial charge in [0.1, 0.15) is 0 Å². The highest BCUT2D eigenvalue weighted by atomic mass is 79.9. The molecular formula is C15H15BrN2S. The van der Waals surface area contributed by atoms with Gasteiger partial charge in [0, 0.05) is 22.9 Å². The summed E-state index contributed by atoms with van der Waals surface area (Å²) in [7, 11) is 2.03. The highest BCUT2D eigenvalue weighted by molar-refractivity contribution is 9.10. The highest BCUT2D eigenvalue weighted by Gasteiger charge is 2.04. The molecule has 19 heavy (non-hydrogen) atoms. The van der Waals surface area contributed by atoms with Gasteiger partial charge in [-0.25, -0.2) is 0 Å². The molecular weight excluding hydrogens is 320 g/mol. The third-order valence-electron chi connectivity index (χ3n) is 2.71. The molecule has 2 nitrogen and oxygen atoms in total. The van der Waals surface area contributed by atoms with Gasteiger partial charge in [0.2, 0.25) is 0 Å². The van der Waals surface area contributed by atoms with Gasteiger partial charge in [0.05, 0.1) is 11.5 Å². The largest absolute Gasteiger partial charge is 0.368 e. The fourth-order valence-electron chi connectivity index (χ4n) is 1.72. The fraction of sp³-hybridized carbons (Fsp3) is 0.133. The van der Waals surface area contributed by atoms with Crippen LogP contribution in [0.1, 0.15) is 0 Å². The predicted molar refractivity (Wildman–Crippen MR) is 90.1 cm³/mol. The molecule has 0 aliphatic rings. The molecule has 2 rings (SSSR count). The first-order chi connectivity index (χ1) is 9.15. The normalized spacial score (nSPS) is 10.0. The number of anilines is 2. The molecule has 2 aromatic carbocycles. The van der Waals surface area contributed by atoms with Crippen LogP contribution >= 0.6 is 28.1 Å². The van der Waals surface area contributed by atoms with Gasteiger partial charge in [-0.3, -0.25) is 0 Å².